The number of aliphatic hydroxyl groups excluding tert-OH is 1. The number of aliphatic hydroxyl groups is 1. The van der Waals surface area contributed by atoms with Crippen molar-refractivity contribution in [3.05, 3.63) is 0 Å². The van der Waals surface area contributed by atoms with Crippen LogP contribution in [0.15, 0.2) is 0 Å². The summed E-state index contributed by atoms with van der Waals surface area (Å²) in [4.78, 5) is 2.51. The summed E-state index contributed by atoms with van der Waals surface area (Å²) < 4.78 is 5.42. The summed E-state index contributed by atoms with van der Waals surface area (Å²) in [6.45, 7) is 3.31. The van der Waals surface area contributed by atoms with E-state index >= 15 is 0 Å². The summed E-state index contributed by atoms with van der Waals surface area (Å²) in [6, 6.07) is 0.492. The highest BCUT2D eigenvalue weighted by atomic mass is 16.5. The highest BCUT2D eigenvalue weighted by Crippen LogP contribution is 2.19. The first kappa shape index (κ1) is 14.9. The van der Waals surface area contributed by atoms with Gasteiger partial charge >= 0.3 is 0 Å². The maximum atomic E-state index is 8.71. The van der Waals surface area contributed by atoms with Crippen LogP contribution in [0.2, 0.25) is 0 Å². The number of nitrogens with two attached hydrogens (primary N) is 1. The van der Waals surface area contributed by atoms with Crippen molar-refractivity contribution in [3.8, 4) is 0 Å². The van der Waals surface area contributed by atoms with Crippen molar-refractivity contribution in [1.29, 1.82) is 0 Å². The van der Waals surface area contributed by atoms with Crippen LogP contribution in [0.4, 0.5) is 0 Å². The summed E-state index contributed by atoms with van der Waals surface area (Å²) in [5, 5.41) is 8.71. The maximum Gasteiger partial charge on any atom is 0.0599 e. The zero-order valence-electron chi connectivity index (χ0n) is 11.1. The van der Waals surface area contributed by atoms with Gasteiger partial charge in [-0.05, 0) is 32.2 Å². The standard InChI is InChI=1S/C13H28N2O2/c1-17-13-6-8-15(12(10-13)11-14)7-4-2-3-5-9-16/h12-13,16H,2-11,14H2,1H3. The molecule has 0 aromatic carbocycles. The Hall–Kier alpha value is -0.160. The van der Waals surface area contributed by atoms with Crippen LogP contribution in [0.3, 0.4) is 0 Å². The smallest absolute Gasteiger partial charge is 0.0599 e. The molecule has 4 nitrogen and oxygen atoms in total. The van der Waals surface area contributed by atoms with Crippen LogP contribution in [0.5, 0.6) is 0 Å². The first-order valence-corrected chi connectivity index (χ1v) is 6.89. The molecule has 1 fully saturated rings. The van der Waals surface area contributed by atoms with Crippen molar-refractivity contribution < 1.29 is 9.84 Å². The Kier molecular flexibility index (Phi) is 7.77. The first-order valence-electron chi connectivity index (χ1n) is 6.89. The molecule has 1 heterocycles. The van der Waals surface area contributed by atoms with E-state index in [1.54, 1.807) is 7.11 Å². The predicted octanol–water partition coefficient (Wildman–Crippen LogP) is 0.977. The maximum absolute atomic E-state index is 8.71. The molecule has 2 atom stereocenters. The minimum atomic E-state index is 0.324. The quantitative estimate of drug-likeness (QED) is 0.625. The Morgan fingerprint density at radius 3 is 2.71 bits per heavy atom. The Bertz CT molecular complexity index is 190. The van der Waals surface area contributed by atoms with Crippen LogP contribution in [0.1, 0.15) is 38.5 Å². The lowest BCUT2D eigenvalue weighted by atomic mass is 9.99. The van der Waals surface area contributed by atoms with E-state index < -0.39 is 0 Å². The number of rotatable bonds is 8. The lowest BCUT2D eigenvalue weighted by molar-refractivity contribution is 0.0128. The number of unbranched alkanes of at least 4 members (excludes halogenated alkanes) is 3. The second-order valence-electron chi connectivity index (χ2n) is 4.95. The van der Waals surface area contributed by atoms with Crippen molar-refractivity contribution in [1.82, 2.24) is 4.90 Å². The molecule has 0 saturated carbocycles. The van der Waals surface area contributed by atoms with Gasteiger partial charge in [-0.2, -0.15) is 0 Å². The normalized spacial score (nSPS) is 26.3. The zero-order valence-corrected chi connectivity index (χ0v) is 11.1. The summed E-state index contributed by atoms with van der Waals surface area (Å²) in [6.07, 6.45) is 7.10. The molecule has 0 amide bonds. The van der Waals surface area contributed by atoms with E-state index in [1.807, 2.05) is 0 Å². The first-order chi connectivity index (χ1) is 8.31. The van der Waals surface area contributed by atoms with Crippen LogP contribution >= 0.6 is 0 Å². The van der Waals surface area contributed by atoms with E-state index in [2.05, 4.69) is 4.90 Å². The molecule has 0 spiro atoms. The van der Waals surface area contributed by atoms with Crippen molar-refractivity contribution >= 4 is 0 Å². The number of hydrogen-bond donors (Lipinski definition) is 2. The molecule has 102 valence electrons. The second-order valence-corrected chi connectivity index (χ2v) is 4.95. The molecule has 0 aliphatic carbocycles. The molecule has 3 N–H and O–H groups in total. The largest absolute Gasteiger partial charge is 0.396 e. The Labute approximate surface area is 105 Å². The van der Waals surface area contributed by atoms with Crippen LogP contribution in [0, 0.1) is 0 Å². The molecule has 4 heteroatoms. The van der Waals surface area contributed by atoms with Crippen LogP contribution < -0.4 is 5.73 Å². The highest BCUT2D eigenvalue weighted by Gasteiger charge is 2.26. The van der Waals surface area contributed by atoms with E-state index in [0.29, 0.717) is 18.8 Å². The van der Waals surface area contributed by atoms with Gasteiger partial charge < -0.3 is 15.6 Å². The van der Waals surface area contributed by atoms with Gasteiger partial charge in [-0.3, -0.25) is 4.90 Å². The Morgan fingerprint density at radius 2 is 2.06 bits per heavy atom. The molecular weight excluding hydrogens is 216 g/mol. The SMILES string of the molecule is COC1CCN(CCCCCCO)C(CN)C1. The fourth-order valence-electron chi connectivity index (χ4n) is 2.60. The van der Waals surface area contributed by atoms with E-state index in [-0.39, 0.29) is 0 Å². The van der Waals surface area contributed by atoms with Gasteiger partial charge in [-0.25, -0.2) is 0 Å². The lowest BCUT2D eigenvalue weighted by Gasteiger charge is -2.38. The van der Waals surface area contributed by atoms with Gasteiger partial charge in [-0.15, -0.1) is 0 Å². The number of ether oxygens (including phenoxy) is 1. The molecule has 1 aliphatic heterocycles. The molecule has 0 aromatic rings. The van der Waals surface area contributed by atoms with E-state index in [1.165, 1.54) is 12.8 Å². The number of likely N-dealkylation sites (tertiary alicyclic amines) is 1. The third kappa shape index (κ3) is 5.34. The predicted molar refractivity (Wildman–Crippen MR) is 70.0 cm³/mol. The van der Waals surface area contributed by atoms with Gasteiger partial charge in [0.1, 0.15) is 0 Å². The Morgan fingerprint density at radius 1 is 1.29 bits per heavy atom. The number of piperidine rings is 1. The fourth-order valence-corrected chi connectivity index (χ4v) is 2.60. The van der Waals surface area contributed by atoms with E-state index in [9.17, 15) is 0 Å². The molecule has 1 aliphatic rings. The third-order valence-electron chi connectivity index (χ3n) is 3.75. The van der Waals surface area contributed by atoms with Crippen LogP contribution in [-0.2, 0) is 4.74 Å². The monoisotopic (exact) mass is 244 g/mol. The molecular formula is C13H28N2O2. The fraction of sp³-hybridized carbons (Fsp3) is 1.00. The zero-order chi connectivity index (χ0) is 12.5. The summed E-state index contributed by atoms with van der Waals surface area (Å²) >= 11 is 0. The minimum absolute atomic E-state index is 0.324. The lowest BCUT2D eigenvalue weighted by Crippen LogP contribution is -2.48. The van der Waals surface area contributed by atoms with Crippen molar-refractivity contribution in [2.75, 3.05) is 33.4 Å². The van der Waals surface area contributed by atoms with Crippen LogP contribution in [-0.4, -0.2) is 55.5 Å². The summed E-state index contributed by atoms with van der Waals surface area (Å²) in [5.41, 5.74) is 5.83. The Balaban J connectivity index is 2.18. The van der Waals surface area contributed by atoms with Gasteiger partial charge in [0, 0.05) is 32.8 Å². The summed E-state index contributed by atoms with van der Waals surface area (Å²) in [7, 11) is 1.79. The topological polar surface area (TPSA) is 58.7 Å². The molecule has 1 rings (SSSR count). The molecule has 17 heavy (non-hydrogen) atoms. The van der Waals surface area contributed by atoms with Crippen molar-refractivity contribution in [3.63, 3.8) is 0 Å². The van der Waals surface area contributed by atoms with Gasteiger partial charge in [0.25, 0.3) is 0 Å². The average Bonchev–Trinajstić information content (AvgIpc) is 2.38. The number of methoxy groups -OCH3 is 1. The van der Waals surface area contributed by atoms with Gasteiger partial charge in [-0.1, -0.05) is 12.8 Å². The van der Waals surface area contributed by atoms with E-state index in [4.69, 9.17) is 15.6 Å². The van der Waals surface area contributed by atoms with E-state index in [0.717, 1.165) is 45.3 Å². The highest BCUT2D eigenvalue weighted by molar-refractivity contribution is 4.82. The molecule has 2 unspecified atom stereocenters. The van der Waals surface area contributed by atoms with Gasteiger partial charge in [0.15, 0.2) is 0 Å². The minimum Gasteiger partial charge on any atom is -0.396 e. The van der Waals surface area contributed by atoms with Gasteiger partial charge in [0.05, 0.1) is 6.10 Å². The average molecular weight is 244 g/mol. The molecule has 0 bridgehead atoms. The summed E-state index contributed by atoms with van der Waals surface area (Å²) in [5.74, 6) is 0. The number of nitrogens with zero attached hydrogens (tertiary/aromatic N) is 1. The third-order valence-corrected chi connectivity index (χ3v) is 3.75. The molecule has 1 saturated heterocycles. The van der Waals surface area contributed by atoms with Gasteiger partial charge in [0.2, 0.25) is 0 Å². The van der Waals surface area contributed by atoms with Crippen molar-refractivity contribution in [2.24, 2.45) is 5.73 Å². The number of hydrogen-bond acceptors (Lipinski definition) is 4. The van der Waals surface area contributed by atoms with Crippen molar-refractivity contribution in [2.45, 2.75) is 50.7 Å². The molecule has 0 aromatic heterocycles. The van der Waals surface area contributed by atoms with Crippen LogP contribution in [0.25, 0.3) is 0 Å². The molecule has 0 radical (unpaired) electrons. The second kappa shape index (κ2) is 8.86.